The van der Waals surface area contributed by atoms with Crippen LogP contribution < -0.4 is 10.6 Å². The molecule has 1 aromatic carbocycles. The van der Waals surface area contributed by atoms with Crippen molar-refractivity contribution in [3.63, 3.8) is 0 Å². The number of carbonyl (C=O) groups excluding carboxylic acids is 4. The van der Waals surface area contributed by atoms with Gasteiger partial charge in [0.1, 0.15) is 5.00 Å². The van der Waals surface area contributed by atoms with Gasteiger partial charge in [-0.1, -0.05) is 19.3 Å². The SMILES string of the molecule is COC(=O)NC(=O)c1c(NC(=O)c2ccc(S(=O)(=O)N(C)C3CCCCC3)cc2)sc2c1CCN(C(C)=O)C2. The van der Waals surface area contributed by atoms with Crippen LogP contribution in [0, 0.1) is 0 Å². The molecule has 2 aliphatic rings. The van der Waals surface area contributed by atoms with Crippen LogP contribution in [0.3, 0.4) is 0 Å². The Morgan fingerprint density at radius 3 is 2.33 bits per heavy atom. The molecule has 1 fully saturated rings. The number of thiophene rings is 1. The second kappa shape index (κ2) is 11.8. The molecular weight excluding hydrogens is 544 g/mol. The largest absolute Gasteiger partial charge is 0.453 e. The molecule has 39 heavy (non-hydrogen) atoms. The van der Waals surface area contributed by atoms with Crippen LogP contribution in [0.15, 0.2) is 29.2 Å². The molecule has 2 aromatic rings. The predicted octanol–water partition coefficient (Wildman–Crippen LogP) is 3.35. The molecule has 4 rings (SSSR count). The third-order valence-electron chi connectivity index (χ3n) is 7.24. The van der Waals surface area contributed by atoms with Gasteiger partial charge >= 0.3 is 6.09 Å². The van der Waals surface area contributed by atoms with Crippen molar-refractivity contribution in [3.05, 3.63) is 45.8 Å². The molecule has 1 aliphatic heterocycles. The average Bonchev–Trinajstić information content (AvgIpc) is 3.30. The number of ether oxygens (including phenoxy) is 1. The Morgan fingerprint density at radius 2 is 1.72 bits per heavy atom. The standard InChI is InChI=1S/C26H32N4O7S2/c1-16(31)30-14-13-20-21(15-30)38-25(22(20)24(33)28-26(34)37-3)27-23(32)17-9-11-19(12-10-17)39(35,36)29(2)18-7-5-4-6-8-18/h9-12,18H,4-8,13-15H2,1-3H3,(H,27,32)(H,28,33,34). The maximum Gasteiger partial charge on any atom is 0.413 e. The Bertz CT molecular complexity index is 1380. The van der Waals surface area contributed by atoms with E-state index in [1.165, 1.54) is 35.5 Å². The first-order valence-corrected chi connectivity index (χ1v) is 15.0. The highest BCUT2D eigenvalue weighted by Gasteiger charge is 2.31. The van der Waals surface area contributed by atoms with Crippen LogP contribution in [0.25, 0.3) is 0 Å². The number of anilines is 1. The van der Waals surface area contributed by atoms with Crippen LogP contribution in [-0.4, -0.2) is 68.2 Å². The molecule has 210 valence electrons. The number of amides is 4. The zero-order valence-electron chi connectivity index (χ0n) is 22.1. The Kier molecular flexibility index (Phi) is 8.72. The van der Waals surface area contributed by atoms with E-state index in [9.17, 15) is 27.6 Å². The van der Waals surface area contributed by atoms with Crippen molar-refractivity contribution in [2.75, 3.05) is 26.0 Å². The number of benzene rings is 1. The number of rotatable bonds is 6. The van der Waals surface area contributed by atoms with E-state index in [1.807, 2.05) is 0 Å². The zero-order chi connectivity index (χ0) is 28.3. The van der Waals surface area contributed by atoms with Crippen LogP contribution in [-0.2, 0) is 32.5 Å². The van der Waals surface area contributed by atoms with Crippen molar-refractivity contribution in [2.45, 2.75) is 62.9 Å². The van der Waals surface area contributed by atoms with Gasteiger partial charge < -0.3 is 15.0 Å². The fraction of sp³-hybridized carbons (Fsp3) is 0.462. The number of alkyl carbamates (subject to hydrolysis) is 1. The van der Waals surface area contributed by atoms with E-state index in [-0.39, 0.29) is 39.5 Å². The number of nitrogens with one attached hydrogen (secondary N) is 2. The molecule has 11 nitrogen and oxygen atoms in total. The summed E-state index contributed by atoms with van der Waals surface area (Å²) >= 11 is 1.15. The lowest BCUT2D eigenvalue weighted by Gasteiger charge is -2.30. The lowest BCUT2D eigenvalue weighted by atomic mass is 9.96. The first kappa shape index (κ1) is 28.7. The molecule has 13 heteroatoms. The van der Waals surface area contributed by atoms with Gasteiger partial charge in [0.05, 0.1) is 24.1 Å². The lowest BCUT2D eigenvalue weighted by Crippen LogP contribution is -2.38. The number of sulfonamides is 1. The summed E-state index contributed by atoms with van der Waals surface area (Å²) in [4.78, 5) is 52.1. The van der Waals surface area contributed by atoms with E-state index in [4.69, 9.17) is 0 Å². The molecule has 0 radical (unpaired) electrons. The van der Waals surface area contributed by atoms with Gasteiger partial charge in [-0.3, -0.25) is 19.7 Å². The van der Waals surface area contributed by atoms with Crippen LogP contribution in [0.1, 0.15) is 70.2 Å². The normalized spacial score (nSPS) is 15.9. The fourth-order valence-corrected chi connectivity index (χ4v) is 7.64. The van der Waals surface area contributed by atoms with Crippen LogP contribution in [0.2, 0.25) is 0 Å². The van der Waals surface area contributed by atoms with Crippen LogP contribution in [0.4, 0.5) is 9.80 Å². The Labute approximate surface area is 231 Å². The lowest BCUT2D eigenvalue weighted by molar-refractivity contribution is -0.129. The summed E-state index contributed by atoms with van der Waals surface area (Å²) in [5.74, 6) is -1.38. The molecule has 0 saturated heterocycles. The number of hydrogen-bond acceptors (Lipinski definition) is 8. The molecule has 1 aromatic heterocycles. The van der Waals surface area contributed by atoms with Crippen molar-refractivity contribution in [1.82, 2.24) is 14.5 Å². The minimum absolute atomic E-state index is 0.0370. The highest BCUT2D eigenvalue weighted by atomic mass is 32.2. The maximum absolute atomic E-state index is 13.1. The summed E-state index contributed by atoms with van der Waals surface area (Å²) in [5.41, 5.74) is 0.997. The number of hydrogen-bond donors (Lipinski definition) is 2. The topological polar surface area (TPSA) is 142 Å². The number of carbonyl (C=O) groups is 4. The summed E-state index contributed by atoms with van der Waals surface area (Å²) in [6.45, 7) is 2.14. The summed E-state index contributed by atoms with van der Waals surface area (Å²) < 4.78 is 32.2. The van der Waals surface area contributed by atoms with Crippen molar-refractivity contribution in [3.8, 4) is 0 Å². The minimum Gasteiger partial charge on any atom is -0.453 e. The summed E-state index contributed by atoms with van der Waals surface area (Å²) in [6.07, 6.45) is 4.22. The molecule has 4 amide bonds. The smallest absolute Gasteiger partial charge is 0.413 e. The van der Waals surface area contributed by atoms with E-state index >= 15 is 0 Å². The first-order chi connectivity index (χ1) is 18.5. The highest BCUT2D eigenvalue weighted by molar-refractivity contribution is 7.89. The highest BCUT2D eigenvalue weighted by Crippen LogP contribution is 2.37. The van der Waals surface area contributed by atoms with Crippen LogP contribution in [0.5, 0.6) is 0 Å². The summed E-state index contributed by atoms with van der Waals surface area (Å²) in [7, 11) is -0.981. The first-order valence-electron chi connectivity index (χ1n) is 12.7. The monoisotopic (exact) mass is 576 g/mol. The van der Waals surface area contributed by atoms with Gasteiger partial charge in [-0.2, -0.15) is 4.31 Å². The van der Waals surface area contributed by atoms with Gasteiger partial charge in [0, 0.05) is 37.0 Å². The van der Waals surface area contributed by atoms with Gasteiger partial charge in [-0.25, -0.2) is 13.2 Å². The van der Waals surface area contributed by atoms with E-state index < -0.39 is 27.9 Å². The van der Waals surface area contributed by atoms with Gasteiger partial charge in [0.2, 0.25) is 15.9 Å². The molecule has 2 heterocycles. The summed E-state index contributed by atoms with van der Waals surface area (Å²) in [6, 6.07) is 5.62. The van der Waals surface area contributed by atoms with E-state index in [0.29, 0.717) is 18.5 Å². The van der Waals surface area contributed by atoms with Gasteiger partial charge in [-0.15, -0.1) is 11.3 Å². The molecule has 0 spiro atoms. The quantitative estimate of drug-likeness (QED) is 0.537. The zero-order valence-corrected chi connectivity index (χ0v) is 23.7. The Balaban J connectivity index is 1.56. The summed E-state index contributed by atoms with van der Waals surface area (Å²) in [5, 5.41) is 5.10. The molecule has 0 unspecified atom stereocenters. The maximum atomic E-state index is 13.1. The molecular formula is C26H32N4O7S2. The van der Waals surface area contributed by atoms with Crippen molar-refractivity contribution in [2.24, 2.45) is 0 Å². The Morgan fingerprint density at radius 1 is 1.05 bits per heavy atom. The number of imide groups is 1. The molecule has 0 bridgehead atoms. The predicted molar refractivity (Wildman–Crippen MR) is 145 cm³/mol. The minimum atomic E-state index is -3.71. The Hall–Kier alpha value is -3.29. The third kappa shape index (κ3) is 6.15. The van der Waals surface area contributed by atoms with Gasteiger partial charge in [0.25, 0.3) is 11.8 Å². The second-order valence-electron chi connectivity index (χ2n) is 9.64. The molecule has 1 saturated carbocycles. The number of methoxy groups -OCH3 is 1. The van der Waals surface area contributed by atoms with Crippen molar-refractivity contribution < 1.29 is 32.3 Å². The third-order valence-corrected chi connectivity index (χ3v) is 10.3. The van der Waals surface area contributed by atoms with E-state index in [0.717, 1.165) is 55.4 Å². The molecule has 2 N–H and O–H groups in total. The number of fused-ring (bicyclic) bond motifs is 1. The van der Waals surface area contributed by atoms with Gasteiger partial charge in [0.15, 0.2) is 0 Å². The number of nitrogens with zero attached hydrogens (tertiary/aromatic N) is 2. The average molecular weight is 577 g/mol. The molecule has 1 aliphatic carbocycles. The van der Waals surface area contributed by atoms with Crippen LogP contribution >= 0.6 is 11.3 Å². The van der Waals surface area contributed by atoms with Crippen molar-refractivity contribution in [1.29, 1.82) is 0 Å². The van der Waals surface area contributed by atoms with E-state index in [1.54, 1.807) is 11.9 Å². The molecule has 0 atom stereocenters. The fourth-order valence-electron chi connectivity index (χ4n) is 4.97. The van der Waals surface area contributed by atoms with Crippen molar-refractivity contribution >= 4 is 50.2 Å². The van der Waals surface area contributed by atoms with Gasteiger partial charge in [-0.05, 0) is 49.1 Å². The second-order valence-corrected chi connectivity index (χ2v) is 12.7. The van der Waals surface area contributed by atoms with E-state index in [2.05, 4.69) is 15.4 Å².